The molecule has 4 rings (SSSR count). The fourth-order valence-electron chi connectivity index (χ4n) is 3.84. The highest BCUT2D eigenvalue weighted by Crippen LogP contribution is 2.32. The predicted octanol–water partition coefficient (Wildman–Crippen LogP) is 1.50. The number of rotatable bonds is 3. The zero-order chi connectivity index (χ0) is 16.5. The lowest BCUT2D eigenvalue weighted by atomic mass is 9.97. The van der Waals surface area contributed by atoms with Crippen molar-refractivity contribution in [2.24, 2.45) is 5.92 Å². The van der Waals surface area contributed by atoms with Crippen molar-refractivity contribution >= 4 is 33.4 Å². The summed E-state index contributed by atoms with van der Waals surface area (Å²) in [6, 6.07) is 0. The smallest absolute Gasteiger partial charge is 0.228 e. The third-order valence-corrected chi connectivity index (χ3v) is 6.17. The van der Waals surface area contributed by atoms with Gasteiger partial charge in [-0.1, -0.05) is 11.3 Å². The first-order valence-corrected chi connectivity index (χ1v) is 9.71. The molecule has 8 heteroatoms. The number of nitrogens with zero attached hydrogens (tertiary/aromatic N) is 5. The highest BCUT2D eigenvalue weighted by molar-refractivity contribution is 7.19. The van der Waals surface area contributed by atoms with Crippen molar-refractivity contribution in [3.05, 3.63) is 0 Å². The van der Waals surface area contributed by atoms with E-state index in [0.717, 1.165) is 70.0 Å². The number of carbonyl (C=O) groups is 2. The number of amides is 2. The molecule has 0 aromatic carbocycles. The lowest BCUT2D eigenvalue weighted by Crippen LogP contribution is -2.44. The molecular formula is C16H23N5O2S. The Morgan fingerprint density at radius 3 is 2.54 bits per heavy atom. The molecule has 1 atom stereocenters. The Morgan fingerprint density at radius 2 is 1.79 bits per heavy atom. The summed E-state index contributed by atoms with van der Waals surface area (Å²) >= 11 is 1.47. The molecular weight excluding hydrogens is 326 g/mol. The number of aromatic nitrogens is 2. The van der Waals surface area contributed by atoms with Crippen LogP contribution in [0.1, 0.15) is 38.5 Å². The average molecular weight is 349 g/mol. The summed E-state index contributed by atoms with van der Waals surface area (Å²) in [4.78, 5) is 30.4. The number of carbonyl (C=O) groups excluding carboxylic acids is 2. The van der Waals surface area contributed by atoms with Crippen LogP contribution in [0.25, 0.3) is 0 Å². The molecule has 0 aliphatic carbocycles. The summed E-state index contributed by atoms with van der Waals surface area (Å²) in [5.74, 6) is 0.507. The van der Waals surface area contributed by atoms with Gasteiger partial charge in [0.05, 0.1) is 5.92 Å². The van der Waals surface area contributed by atoms with E-state index in [1.54, 1.807) is 4.90 Å². The molecule has 3 aliphatic heterocycles. The minimum Gasteiger partial charge on any atom is -0.346 e. The Hall–Kier alpha value is -1.70. The van der Waals surface area contributed by atoms with Crippen LogP contribution in [0.2, 0.25) is 0 Å². The fourth-order valence-corrected chi connectivity index (χ4v) is 4.77. The summed E-state index contributed by atoms with van der Waals surface area (Å²) in [6.45, 7) is 4.19. The highest BCUT2D eigenvalue weighted by Gasteiger charge is 2.32. The van der Waals surface area contributed by atoms with Crippen LogP contribution in [0.5, 0.6) is 0 Å². The molecule has 1 unspecified atom stereocenters. The maximum Gasteiger partial charge on any atom is 0.228 e. The number of piperidine rings is 1. The van der Waals surface area contributed by atoms with Gasteiger partial charge in [0.25, 0.3) is 0 Å². The first kappa shape index (κ1) is 15.8. The number of hydrogen-bond acceptors (Lipinski definition) is 6. The van der Waals surface area contributed by atoms with Crippen molar-refractivity contribution in [2.45, 2.75) is 38.5 Å². The third kappa shape index (κ3) is 2.99. The minimum atomic E-state index is 0.0672. The second-order valence-corrected chi connectivity index (χ2v) is 7.77. The van der Waals surface area contributed by atoms with Gasteiger partial charge in [-0.2, -0.15) is 0 Å². The van der Waals surface area contributed by atoms with Crippen molar-refractivity contribution in [3.63, 3.8) is 0 Å². The van der Waals surface area contributed by atoms with Crippen molar-refractivity contribution < 1.29 is 9.59 Å². The first-order chi connectivity index (χ1) is 11.7. The van der Waals surface area contributed by atoms with Gasteiger partial charge in [-0.3, -0.25) is 14.5 Å². The third-order valence-electron chi connectivity index (χ3n) is 5.17. The van der Waals surface area contributed by atoms with Gasteiger partial charge in [-0.15, -0.1) is 10.2 Å². The Morgan fingerprint density at radius 1 is 1.00 bits per heavy atom. The lowest BCUT2D eigenvalue weighted by Gasteiger charge is -2.33. The number of likely N-dealkylation sites (tertiary alicyclic amines) is 1. The SMILES string of the molecule is O=C(C1CCCN(c2nnc(N3CCCC3=O)s2)C1)N1CCCC1. The van der Waals surface area contributed by atoms with Crippen molar-refractivity contribution in [2.75, 3.05) is 42.5 Å². The van der Waals surface area contributed by atoms with Crippen molar-refractivity contribution in [3.8, 4) is 0 Å². The fraction of sp³-hybridized carbons (Fsp3) is 0.750. The highest BCUT2D eigenvalue weighted by atomic mass is 32.1. The second-order valence-electron chi connectivity index (χ2n) is 6.83. The Kier molecular flexibility index (Phi) is 4.39. The van der Waals surface area contributed by atoms with Gasteiger partial charge in [0.2, 0.25) is 22.1 Å². The molecule has 3 fully saturated rings. The largest absolute Gasteiger partial charge is 0.346 e. The van der Waals surface area contributed by atoms with Crippen LogP contribution in [0, 0.1) is 5.92 Å². The van der Waals surface area contributed by atoms with Crippen LogP contribution in [0.15, 0.2) is 0 Å². The van der Waals surface area contributed by atoms with E-state index in [1.807, 2.05) is 4.90 Å². The zero-order valence-corrected chi connectivity index (χ0v) is 14.6. The molecule has 0 N–H and O–H groups in total. The van der Waals surface area contributed by atoms with Gasteiger partial charge in [-0.05, 0) is 32.1 Å². The molecule has 130 valence electrons. The topological polar surface area (TPSA) is 69.6 Å². The number of anilines is 2. The normalized spacial score (nSPS) is 24.9. The number of hydrogen-bond donors (Lipinski definition) is 0. The molecule has 3 aliphatic rings. The van der Waals surface area contributed by atoms with Gasteiger partial charge in [0.1, 0.15) is 0 Å². The van der Waals surface area contributed by atoms with Gasteiger partial charge in [0.15, 0.2) is 0 Å². The maximum absolute atomic E-state index is 12.6. The summed E-state index contributed by atoms with van der Waals surface area (Å²) in [5, 5.41) is 10.0. The molecule has 2 amide bonds. The van der Waals surface area contributed by atoms with Gasteiger partial charge in [0, 0.05) is 39.1 Å². The van der Waals surface area contributed by atoms with Gasteiger partial charge in [-0.25, -0.2) is 0 Å². The Labute approximate surface area is 145 Å². The molecule has 1 aromatic heterocycles. The standard InChI is InChI=1S/C16H23N5O2S/c22-13-6-4-10-21(13)16-18-17-15(24-16)20-9-3-5-12(11-20)14(23)19-7-1-2-8-19/h12H,1-11H2. The molecule has 7 nitrogen and oxygen atoms in total. The van der Waals surface area contributed by atoms with E-state index >= 15 is 0 Å². The molecule has 0 bridgehead atoms. The summed E-state index contributed by atoms with van der Waals surface area (Å²) in [7, 11) is 0. The van der Waals surface area contributed by atoms with Crippen molar-refractivity contribution in [1.29, 1.82) is 0 Å². The quantitative estimate of drug-likeness (QED) is 0.827. The molecule has 1 aromatic rings. The van der Waals surface area contributed by atoms with E-state index in [9.17, 15) is 9.59 Å². The predicted molar refractivity (Wildman–Crippen MR) is 92.2 cm³/mol. The molecule has 3 saturated heterocycles. The van der Waals surface area contributed by atoms with Crippen LogP contribution in [-0.2, 0) is 9.59 Å². The van der Waals surface area contributed by atoms with Crippen molar-refractivity contribution in [1.82, 2.24) is 15.1 Å². The van der Waals surface area contributed by atoms with Crippen LogP contribution >= 0.6 is 11.3 Å². The summed E-state index contributed by atoms with van der Waals surface area (Å²) in [6.07, 6.45) is 5.72. The molecule has 0 radical (unpaired) electrons. The van der Waals surface area contributed by atoms with E-state index < -0.39 is 0 Å². The van der Waals surface area contributed by atoms with E-state index in [0.29, 0.717) is 17.5 Å². The average Bonchev–Trinajstić information content (AvgIpc) is 3.35. The molecule has 4 heterocycles. The molecule has 24 heavy (non-hydrogen) atoms. The van der Waals surface area contributed by atoms with Crippen LogP contribution in [0.4, 0.5) is 10.3 Å². The monoisotopic (exact) mass is 349 g/mol. The zero-order valence-electron chi connectivity index (χ0n) is 13.8. The van der Waals surface area contributed by atoms with Crippen LogP contribution < -0.4 is 9.80 Å². The van der Waals surface area contributed by atoms with E-state index in [1.165, 1.54) is 11.3 Å². The Balaban J connectivity index is 1.43. The van der Waals surface area contributed by atoms with E-state index in [-0.39, 0.29) is 11.8 Å². The second kappa shape index (κ2) is 6.66. The first-order valence-electron chi connectivity index (χ1n) is 8.90. The lowest BCUT2D eigenvalue weighted by molar-refractivity contribution is -0.134. The molecule has 0 saturated carbocycles. The minimum absolute atomic E-state index is 0.0672. The summed E-state index contributed by atoms with van der Waals surface area (Å²) < 4.78 is 0. The Bertz CT molecular complexity index is 628. The van der Waals surface area contributed by atoms with Gasteiger partial charge >= 0.3 is 0 Å². The van der Waals surface area contributed by atoms with Gasteiger partial charge < -0.3 is 9.80 Å². The maximum atomic E-state index is 12.6. The summed E-state index contributed by atoms with van der Waals surface area (Å²) in [5.41, 5.74) is 0. The van der Waals surface area contributed by atoms with Crippen LogP contribution in [0.3, 0.4) is 0 Å². The van der Waals surface area contributed by atoms with E-state index in [2.05, 4.69) is 15.1 Å². The molecule has 0 spiro atoms. The van der Waals surface area contributed by atoms with E-state index in [4.69, 9.17) is 0 Å². The van der Waals surface area contributed by atoms with Crippen LogP contribution in [-0.4, -0.2) is 59.6 Å².